The third-order valence-electron chi connectivity index (χ3n) is 2.35. The second-order valence-electron chi connectivity index (χ2n) is 4.61. The predicted molar refractivity (Wildman–Crippen MR) is 66.3 cm³/mol. The number of hydrogen-bond donors (Lipinski definition) is 2. The summed E-state index contributed by atoms with van der Waals surface area (Å²) in [6.45, 7) is 7.99. The highest BCUT2D eigenvalue weighted by Gasteiger charge is 2.09. The fourth-order valence-electron chi connectivity index (χ4n) is 1.51. The van der Waals surface area contributed by atoms with Crippen LogP contribution in [0.1, 0.15) is 40.0 Å². The van der Waals surface area contributed by atoms with Crippen LogP contribution in [-0.2, 0) is 4.74 Å². The number of hydrogen-bond acceptors (Lipinski definition) is 3. The van der Waals surface area contributed by atoms with E-state index in [9.17, 15) is 4.79 Å². The van der Waals surface area contributed by atoms with Crippen LogP contribution < -0.4 is 11.1 Å². The summed E-state index contributed by atoms with van der Waals surface area (Å²) < 4.78 is 5.03. The van der Waals surface area contributed by atoms with Gasteiger partial charge >= 0.3 is 6.09 Å². The lowest BCUT2D eigenvalue weighted by Crippen LogP contribution is -2.31. The van der Waals surface area contributed by atoms with Gasteiger partial charge in [0.1, 0.15) is 0 Å². The summed E-state index contributed by atoms with van der Waals surface area (Å²) in [5.41, 5.74) is 5.52. The molecule has 4 nitrogen and oxygen atoms in total. The summed E-state index contributed by atoms with van der Waals surface area (Å²) in [5, 5.41) is 2.79. The monoisotopic (exact) mass is 230 g/mol. The molecule has 0 saturated heterocycles. The quantitative estimate of drug-likeness (QED) is 0.671. The lowest BCUT2D eigenvalue weighted by atomic mass is 10.00. The minimum Gasteiger partial charge on any atom is -0.449 e. The Morgan fingerprint density at radius 2 is 2.06 bits per heavy atom. The maximum Gasteiger partial charge on any atom is 0.407 e. The van der Waals surface area contributed by atoms with Gasteiger partial charge in [0.15, 0.2) is 0 Å². The van der Waals surface area contributed by atoms with Gasteiger partial charge in [-0.3, -0.25) is 0 Å². The van der Waals surface area contributed by atoms with Crippen molar-refractivity contribution in [2.24, 2.45) is 17.6 Å². The van der Waals surface area contributed by atoms with Crippen molar-refractivity contribution in [2.75, 3.05) is 19.7 Å². The molecule has 0 aliphatic heterocycles. The average Bonchev–Trinajstić information content (AvgIpc) is 2.23. The molecular formula is C12H26N2O2. The molecule has 0 aromatic heterocycles. The maximum atomic E-state index is 11.3. The molecule has 0 bridgehead atoms. The molecule has 4 heteroatoms. The number of rotatable bonds is 8. The zero-order valence-corrected chi connectivity index (χ0v) is 10.8. The third-order valence-corrected chi connectivity index (χ3v) is 2.35. The summed E-state index contributed by atoms with van der Waals surface area (Å²) in [4.78, 5) is 11.3. The summed E-state index contributed by atoms with van der Waals surface area (Å²) in [6.07, 6.45) is 2.86. The Balaban J connectivity index is 3.68. The van der Waals surface area contributed by atoms with Gasteiger partial charge in [-0.15, -0.1) is 0 Å². The van der Waals surface area contributed by atoms with Crippen molar-refractivity contribution in [1.29, 1.82) is 0 Å². The highest BCUT2D eigenvalue weighted by atomic mass is 16.5. The van der Waals surface area contributed by atoms with Gasteiger partial charge in [-0.1, -0.05) is 27.2 Å². The van der Waals surface area contributed by atoms with E-state index in [4.69, 9.17) is 10.5 Å². The number of amides is 1. The van der Waals surface area contributed by atoms with Crippen molar-refractivity contribution in [3.63, 3.8) is 0 Å². The standard InChI is InChI=1S/C12H26N2O2/c1-4-5-11(6-7-13)8-14-12(15)16-9-10(2)3/h10-11H,4-9,13H2,1-3H3,(H,14,15). The SMILES string of the molecule is CCCC(CCN)CNC(=O)OCC(C)C. The normalized spacial score (nSPS) is 12.6. The summed E-state index contributed by atoms with van der Waals surface area (Å²) >= 11 is 0. The molecule has 1 atom stereocenters. The summed E-state index contributed by atoms with van der Waals surface area (Å²) in [7, 11) is 0. The van der Waals surface area contributed by atoms with Gasteiger partial charge in [-0.05, 0) is 31.2 Å². The molecule has 16 heavy (non-hydrogen) atoms. The van der Waals surface area contributed by atoms with Crippen LogP contribution in [0.3, 0.4) is 0 Å². The number of carbonyl (C=O) groups excluding carboxylic acids is 1. The van der Waals surface area contributed by atoms with Gasteiger partial charge in [0, 0.05) is 6.54 Å². The van der Waals surface area contributed by atoms with Gasteiger partial charge in [-0.25, -0.2) is 4.79 Å². The van der Waals surface area contributed by atoms with Gasteiger partial charge in [0.2, 0.25) is 0 Å². The molecular weight excluding hydrogens is 204 g/mol. The fourth-order valence-corrected chi connectivity index (χ4v) is 1.51. The Kier molecular flexibility index (Phi) is 9.00. The van der Waals surface area contributed by atoms with Crippen molar-refractivity contribution in [2.45, 2.75) is 40.0 Å². The van der Waals surface area contributed by atoms with Crippen molar-refractivity contribution >= 4 is 6.09 Å². The maximum absolute atomic E-state index is 11.3. The minimum absolute atomic E-state index is 0.313. The van der Waals surface area contributed by atoms with Crippen LogP contribution in [0.15, 0.2) is 0 Å². The number of nitrogens with one attached hydrogen (secondary N) is 1. The smallest absolute Gasteiger partial charge is 0.407 e. The molecule has 0 fully saturated rings. The van der Waals surface area contributed by atoms with Gasteiger partial charge < -0.3 is 15.8 Å². The molecule has 0 aliphatic rings. The lowest BCUT2D eigenvalue weighted by molar-refractivity contribution is 0.131. The zero-order valence-electron chi connectivity index (χ0n) is 10.8. The van der Waals surface area contributed by atoms with E-state index in [0.29, 0.717) is 31.5 Å². The summed E-state index contributed by atoms with van der Waals surface area (Å²) in [5.74, 6) is 0.850. The van der Waals surface area contributed by atoms with Gasteiger partial charge in [-0.2, -0.15) is 0 Å². The first kappa shape index (κ1) is 15.2. The van der Waals surface area contributed by atoms with Crippen molar-refractivity contribution in [3.05, 3.63) is 0 Å². The van der Waals surface area contributed by atoms with E-state index < -0.39 is 0 Å². The van der Waals surface area contributed by atoms with Crippen LogP contribution in [0.25, 0.3) is 0 Å². The van der Waals surface area contributed by atoms with E-state index in [1.165, 1.54) is 0 Å². The number of alkyl carbamates (subject to hydrolysis) is 1. The van der Waals surface area contributed by atoms with E-state index in [1.54, 1.807) is 0 Å². The van der Waals surface area contributed by atoms with Crippen LogP contribution >= 0.6 is 0 Å². The highest BCUT2D eigenvalue weighted by molar-refractivity contribution is 5.67. The molecule has 0 aromatic carbocycles. The van der Waals surface area contributed by atoms with E-state index in [0.717, 1.165) is 19.3 Å². The second kappa shape index (κ2) is 9.46. The van der Waals surface area contributed by atoms with E-state index in [-0.39, 0.29) is 6.09 Å². The van der Waals surface area contributed by atoms with Gasteiger partial charge in [0.25, 0.3) is 0 Å². The second-order valence-corrected chi connectivity index (χ2v) is 4.61. The van der Waals surface area contributed by atoms with Gasteiger partial charge in [0.05, 0.1) is 6.61 Å². The molecule has 0 spiro atoms. The predicted octanol–water partition coefficient (Wildman–Crippen LogP) is 2.13. The molecule has 3 N–H and O–H groups in total. The largest absolute Gasteiger partial charge is 0.449 e. The fraction of sp³-hybridized carbons (Fsp3) is 0.917. The molecule has 0 aromatic rings. The Morgan fingerprint density at radius 3 is 2.56 bits per heavy atom. The molecule has 0 rings (SSSR count). The van der Waals surface area contributed by atoms with Crippen LogP contribution in [0.4, 0.5) is 4.79 Å². The minimum atomic E-state index is -0.313. The first-order valence-electron chi connectivity index (χ1n) is 6.20. The third kappa shape index (κ3) is 8.53. The van der Waals surface area contributed by atoms with E-state index in [2.05, 4.69) is 12.2 Å². The Labute approximate surface area is 98.9 Å². The molecule has 0 radical (unpaired) electrons. The highest BCUT2D eigenvalue weighted by Crippen LogP contribution is 2.08. The molecule has 96 valence electrons. The molecule has 1 amide bonds. The molecule has 0 aliphatic carbocycles. The summed E-state index contributed by atoms with van der Waals surface area (Å²) in [6, 6.07) is 0. The first-order valence-corrected chi connectivity index (χ1v) is 6.20. The average molecular weight is 230 g/mol. The Bertz CT molecular complexity index is 178. The number of nitrogens with two attached hydrogens (primary N) is 1. The van der Waals surface area contributed by atoms with Crippen molar-refractivity contribution in [3.8, 4) is 0 Å². The van der Waals surface area contributed by atoms with Crippen LogP contribution in [0.5, 0.6) is 0 Å². The molecule has 0 saturated carbocycles. The zero-order chi connectivity index (χ0) is 12.4. The lowest BCUT2D eigenvalue weighted by Gasteiger charge is -2.16. The van der Waals surface area contributed by atoms with E-state index in [1.807, 2.05) is 13.8 Å². The number of carbonyl (C=O) groups is 1. The molecule has 0 heterocycles. The van der Waals surface area contributed by atoms with E-state index >= 15 is 0 Å². The van der Waals surface area contributed by atoms with Crippen molar-refractivity contribution < 1.29 is 9.53 Å². The Hall–Kier alpha value is -0.770. The van der Waals surface area contributed by atoms with Crippen LogP contribution in [0, 0.1) is 11.8 Å². The molecule has 1 unspecified atom stereocenters. The topological polar surface area (TPSA) is 64.3 Å². The van der Waals surface area contributed by atoms with Crippen molar-refractivity contribution in [1.82, 2.24) is 5.32 Å². The van der Waals surface area contributed by atoms with Crippen LogP contribution in [0.2, 0.25) is 0 Å². The number of ether oxygens (including phenoxy) is 1. The first-order chi connectivity index (χ1) is 7.60. The van der Waals surface area contributed by atoms with Crippen LogP contribution in [-0.4, -0.2) is 25.8 Å². The Morgan fingerprint density at radius 1 is 1.38 bits per heavy atom.